The molecule has 0 radical (unpaired) electrons. The fourth-order valence-electron chi connectivity index (χ4n) is 1.22. The van der Waals surface area contributed by atoms with E-state index in [0.717, 1.165) is 5.75 Å². The molecule has 0 amide bonds. The lowest BCUT2D eigenvalue weighted by molar-refractivity contribution is 0.0600. The lowest BCUT2D eigenvalue weighted by Gasteiger charge is -2.11. The van der Waals surface area contributed by atoms with Gasteiger partial charge in [0.05, 0.1) is 19.8 Å². The largest absolute Gasteiger partial charge is 0.493 e. The molecule has 0 aliphatic carbocycles. The summed E-state index contributed by atoms with van der Waals surface area (Å²) in [6.07, 6.45) is 0. The van der Waals surface area contributed by atoms with E-state index in [4.69, 9.17) is 9.47 Å². The van der Waals surface area contributed by atoms with Gasteiger partial charge in [-0.15, -0.1) is 11.8 Å². The van der Waals surface area contributed by atoms with Gasteiger partial charge in [-0.3, -0.25) is 0 Å². The molecule has 1 aromatic carbocycles. The van der Waals surface area contributed by atoms with Gasteiger partial charge in [0.2, 0.25) is 0 Å². The van der Waals surface area contributed by atoms with E-state index in [1.54, 1.807) is 30.0 Å². The van der Waals surface area contributed by atoms with Crippen molar-refractivity contribution in [1.29, 1.82) is 0 Å². The first-order valence-electron chi connectivity index (χ1n) is 5.19. The standard InChI is InChI=1S/C12H16O4S/c1-4-17-8-16-10-6-5-9(12(13)15-3)7-11(10)14-2/h5-7H,4,8H2,1-3H3. The molecule has 0 N–H and O–H groups in total. The van der Waals surface area contributed by atoms with Crippen LogP contribution in [-0.2, 0) is 4.74 Å². The first-order valence-corrected chi connectivity index (χ1v) is 6.35. The van der Waals surface area contributed by atoms with Crippen LogP contribution in [0.3, 0.4) is 0 Å². The van der Waals surface area contributed by atoms with E-state index in [0.29, 0.717) is 23.0 Å². The van der Waals surface area contributed by atoms with Gasteiger partial charge in [0, 0.05) is 0 Å². The van der Waals surface area contributed by atoms with Gasteiger partial charge in [0.1, 0.15) is 5.94 Å². The van der Waals surface area contributed by atoms with Crippen LogP contribution in [0.1, 0.15) is 17.3 Å². The van der Waals surface area contributed by atoms with E-state index in [1.807, 2.05) is 0 Å². The minimum absolute atomic E-state index is 0.391. The third-order valence-electron chi connectivity index (χ3n) is 2.09. The summed E-state index contributed by atoms with van der Waals surface area (Å²) in [5.74, 6) is 2.32. The Morgan fingerprint density at radius 3 is 2.65 bits per heavy atom. The summed E-state index contributed by atoms with van der Waals surface area (Å²) in [6, 6.07) is 4.97. The summed E-state index contributed by atoms with van der Waals surface area (Å²) in [4.78, 5) is 11.3. The van der Waals surface area contributed by atoms with Crippen molar-refractivity contribution in [2.75, 3.05) is 25.9 Å². The molecule has 1 aromatic rings. The number of benzene rings is 1. The summed E-state index contributed by atoms with van der Waals surface area (Å²) in [7, 11) is 2.88. The molecule has 1 rings (SSSR count). The molecule has 0 saturated carbocycles. The molecule has 0 aliphatic heterocycles. The Kier molecular flexibility index (Phi) is 5.69. The predicted octanol–water partition coefficient (Wildman–Crippen LogP) is 2.57. The molecule has 0 atom stereocenters. The Labute approximate surface area is 105 Å². The van der Waals surface area contributed by atoms with E-state index < -0.39 is 5.97 Å². The molecular weight excluding hydrogens is 240 g/mol. The average Bonchev–Trinajstić information content (AvgIpc) is 2.38. The molecule has 0 heterocycles. The number of hydrogen-bond donors (Lipinski definition) is 0. The second-order valence-corrected chi connectivity index (χ2v) is 4.33. The number of methoxy groups -OCH3 is 2. The van der Waals surface area contributed by atoms with E-state index in [9.17, 15) is 4.79 Å². The zero-order chi connectivity index (χ0) is 12.7. The molecule has 0 fully saturated rings. The zero-order valence-corrected chi connectivity index (χ0v) is 11.0. The molecule has 17 heavy (non-hydrogen) atoms. The highest BCUT2D eigenvalue weighted by Crippen LogP contribution is 2.28. The van der Waals surface area contributed by atoms with Gasteiger partial charge in [-0.25, -0.2) is 4.79 Å². The Hall–Kier alpha value is -1.36. The zero-order valence-electron chi connectivity index (χ0n) is 10.2. The molecule has 0 saturated heterocycles. The number of carbonyl (C=O) groups excluding carboxylic acids is 1. The molecule has 0 spiro atoms. The van der Waals surface area contributed by atoms with Crippen molar-refractivity contribution in [3.63, 3.8) is 0 Å². The fourth-order valence-corrected chi connectivity index (χ4v) is 1.60. The molecule has 5 heteroatoms. The van der Waals surface area contributed by atoms with Crippen molar-refractivity contribution < 1.29 is 19.0 Å². The van der Waals surface area contributed by atoms with Crippen LogP contribution in [0.15, 0.2) is 18.2 Å². The highest BCUT2D eigenvalue weighted by atomic mass is 32.2. The van der Waals surface area contributed by atoms with Crippen molar-refractivity contribution in [3.05, 3.63) is 23.8 Å². The quantitative estimate of drug-likeness (QED) is 0.444. The molecule has 0 aromatic heterocycles. The average molecular weight is 256 g/mol. The summed E-state index contributed by atoms with van der Waals surface area (Å²) < 4.78 is 15.3. The topological polar surface area (TPSA) is 44.8 Å². The number of rotatable bonds is 6. The SMILES string of the molecule is CCSCOc1ccc(C(=O)OC)cc1OC. The third-order valence-corrected chi connectivity index (χ3v) is 2.78. The van der Waals surface area contributed by atoms with Crippen LogP contribution in [-0.4, -0.2) is 31.9 Å². The highest BCUT2D eigenvalue weighted by Gasteiger charge is 2.11. The van der Waals surface area contributed by atoms with Crippen molar-refractivity contribution in [3.8, 4) is 11.5 Å². The van der Waals surface area contributed by atoms with E-state index >= 15 is 0 Å². The maximum absolute atomic E-state index is 11.3. The Bertz CT molecular complexity index is 379. The lowest BCUT2D eigenvalue weighted by atomic mass is 10.2. The highest BCUT2D eigenvalue weighted by molar-refractivity contribution is 7.99. The van der Waals surface area contributed by atoms with Gasteiger partial charge in [0.25, 0.3) is 0 Å². The van der Waals surface area contributed by atoms with E-state index in [2.05, 4.69) is 11.7 Å². The first kappa shape index (κ1) is 13.7. The summed E-state index contributed by atoms with van der Waals surface area (Å²) >= 11 is 1.67. The van der Waals surface area contributed by atoms with Gasteiger partial charge in [0.15, 0.2) is 11.5 Å². The Balaban J connectivity index is 2.81. The minimum atomic E-state index is -0.391. The van der Waals surface area contributed by atoms with Crippen LogP contribution in [0.5, 0.6) is 11.5 Å². The smallest absolute Gasteiger partial charge is 0.337 e. The van der Waals surface area contributed by atoms with Gasteiger partial charge >= 0.3 is 5.97 Å². The van der Waals surface area contributed by atoms with E-state index in [-0.39, 0.29) is 0 Å². The van der Waals surface area contributed by atoms with Crippen molar-refractivity contribution in [2.24, 2.45) is 0 Å². The maximum Gasteiger partial charge on any atom is 0.337 e. The third kappa shape index (κ3) is 3.85. The van der Waals surface area contributed by atoms with Crippen LogP contribution in [0.2, 0.25) is 0 Å². The monoisotopic (exact) mass is 256 g/mol. The van der Waals surface area contributed by atoms with Crippen molar-refractivity contribution in [1.82, 2.24) is 0 Å². The molecule has 4 nitrogen and oxygen atoms in total. The van der Waals surface area contributed by atoms with Crippen LogP contribution in [0.25, 0.3) is 0 Å². The van der Waals surface area contributed by atoms with Gasteiger partial charge in [-0.05, 0) is 24.0 Å². The van der Waals surface area contributed by atoms with Crippen LogP contribution in [0.4, 0.5) is 0 Å². The predicted molar refractivity (Wildman–Crippen MR) is 68.0 cm³/mol. The molecule has 0 bridgehead atoms. The Morgan fingerprint density at radius 1 is 1.29 bits per heavy atom. The molecular formula is C12H16O4S. The first-order chi connectivity index (χ1) is 8.22. The van der Waals surface area contributed by atoms with Gasteiger partial charge < -0.3 is 14.2 Å². The number of hydrogen-bond acceptors (Lipinski definition) is 5. The van der Waals surface area contributed by atoms with Crippen molar-refractivity contribution in [2.45, 2.75) is 6.92 Å². The second-order valence-electron chi connectivity index (χ2n) is 3.11. The Morgan fingerprint density at radius 2 is 2.06 bits per heavy atom. The summed E-state index contributed by atoms with van der Waals surface area (Å²) in [5.41, 5.74) is 0.444. The van der Waals surface area contributed by atoms with E-state index in [1.165, 1.54) is 14.2 Å². The van der Waals surface area contributed by atoms with Crippen LogP contribution < -0.4 is 9.47 Å². The van der Waals surface area contributed by atoms with Gasteiger partial charge in [-0.1, -0.05) is 6.92 Å². The van der Waals surface area contributed by atoms with Crippen LogP contribution in [0, 0.1) is 0 Å². The normalized spacial score (nSPS) is 9.82. The minimum Gasteiger partial charge on any atom is -0.493 e. The van der Waals surface area contributed by atoms with Crippen molar-refractivity contribution >= 4 is 17.7 Å². The van der Waals surface area contributed by atoms with Gasteiger partial charge in [-0.2, -0.15) is 0 Å². The number of ether oxygens (including phenoxy) is 3. The molecule has 0 unspecified atom stereocenters. The number of carbonyl (C=O) groups is 1. The number of esters is 1. The number of thioether (sulfide) groups is 1. The maximum atomic E-state index is 11.3. The summed E-state index contributed by atoms with van der Waals surface area (Å²) in [6.45, 7) is 2.06. The van der Waals surface area contributed by atoms with Crippen LogP contribution >= 0.6 is 11.8 Å². The fraction of sp³-hybridized carbons (Fsp3) is 0.417. The second kappa shape index (κ2) is 7.06. The summed E-state index contributed by atoms with van der Waals surface area (Å²) in [5, 5.41) is 0. The molecule has 0 aliphatic rings. The lowest BCUT2D eigenvalue weighted by Crippen LogP contribution is -2.03. The molecule has 94 valence electrons.